The number of carbonyl (C=O) groups excluding carboxylic acids is 1. The van der Waals surface area contributed by atoms with Gasteiger partial charge >= 0.3 is 5.97 Å². The van der Waals surface area contributed by atoms with Crippen LogP contribution >= 0.6 is 0 Å². The Morgan fingerprint density at radius 3 is 2.71 bits per heavy atom. The summed E-state index contributed by atoms with van der Waals surface area (Å²) in [6.45, 7) is 8.92. The molecule has 0 aromatic heterocycles. The topological polar surface area (TPSA) is 38.3 Å². The van der Waals surface area contributed by atoms with Crippen LogP contribution in [0.1, 0.15) is 40.5 Å². The molecule has 0 aromatic rings. The van der Waals surface area contributed by atoms with Crippen molar-refractivity contribution >= 4 is 5.97 Å². The minimum Gasteiger partial charge on any atom is -0.465 e. The molecule has 0 aromatic carbocycles. The highest BCUT2D eigenvalue weighted by Crippen LogP contribution is 2.18. The number of esters is 1. The predicted octanol–water partition coefficient (Wildman–Crippen LogP) is 1.72. The maximum Gasteiger partial charge on any atom is 0.323 e. The lowest BCUT2D eigenvalue weighted by atomic mass is 9.93. The molecule has 3 nitrogen and oxygen atoms in total. The van der Waals surface area contributed by atoms with Crippen molar-refractivity contribution in [2.24, 2.45) is 5.92 Å². The lowest BCUT2D eigenvalue weighted by Crippen LogP contribution is -2.53. The Balaban J connectivity index is 2.72. The van der Waals surface area contributed by atoms with Gasteiger partial charge < -0.3 is 4.74 Å². The largest absolute Gasteiger partial charge is 0.465 e. The van der Waals surface area contributed by atoms with E-state index < -0.39 is 0 Å². The average molecular weight is 199 g/mol. The normalized spacial score (nSPS) is 28.1. The van der Waals surface area contributed by atoms with Crippen molar-refractivity contribution in [3.05, 3.63) is 0 Å². The number of carbonyl (C=O) groups is 1. The van der Waals surface area contributed by atoms with Crippen molar-refractivity contribution in [1.29, 1.82) is 0 Å². The Morgan fingerprint density at radius 2 is 2.14 bits per heavy atom. The van der Waals surface area contributed by atoms with Crippen LogP contribution in [-0.4, -0.2) is 24.2 Å². The molecule has 1 aliphatic heterocycles. The van der Waals surface area contributed by atoms with E-state index in [1.54, 1.807) is 0 Å². The van der Waals surface area contributed by atoms with E-state index in [9.17, 15) is 4.79 Å². The van der Waals surface area contributed by atoms with Crippen LogP contribution < -0.4 is 5.32 Å². The van der Waals surface area contributed by atoms with Crippen molar-refractivity contribution in [3.63, 3.8) is 0 Å². The van der Waals surface area contributed by atoms with Crippen LogP contribution in [0.5, 0.6) is 0 Å². The van der Waals surface area contributed by atoms with E-state index in [1.165, 1.54) is 0 Å². The third-order valence-electron chi connectivity index (χ3n) is 2.66. The van der Waals surface area contributed by atoms with E-state index >= 15 is 0 Å². The molecule has 0 amide bonds. The molecule has 1 atom stereocenters. The third-order valence-corrected chi connectivity index (χ3v) is 2.66. The van der Waals surface area contributed by atoms with Gasteiger partial charge in [0.1, 0.15) is 6.04 Å². The Bertz CT molecular complexity index is 211. The van der Waals surface area contributed by atoms with Gasteiger partial charge in [-0.3, -0.25) is 10.1 Å². The minimum atomic E-state index is -0.162. The maximum absolute atomic E-state index is 11.6. The highest BCUT2D eigenvalue weighted by Gasteiger charge is 2.31. The molecule has 82 valence electrons. The SMILES string of the molecule is CC(C)[C@H]1NC(C)(C)CCCOC1=O. The summed E-state index contributed by atoms with van der Waals surface area (Å²) >= 11 is 0. The van der Waals surface area contributed by atoms with Gasteiger partial charge in [0.05, 0.1) is 6.61 Å². The molecule has 0 unspecified atom stereocenters. The summed E-state index contributed by atoms with van der Waals surface area (Å²) in [5.74, 6) is 0.174. The second-order valence-electron chi connectivity index (χ2n) is 5.02. The van der Waals surface area contributed by atoms with Gasteiger partial charge in [0.15, 0.2) is 0 Å². The van der Waals surface area contributed by atoms with E-state index in [2.05, 4.69) is 19.2 Å². The van der Waals surface area contributed by atoms with Gasteiger partial charge in [-0.1, -0.05) is 13.8 Å². The minimum absolute atomic E-state index is 0.0361. The van der Waals surface area contributed by atoms with Crippen LogP contribution in [0, 0.1) is 5.92 Å². The first kappa shape index (κ1) is 11.5. The van der Waals surface area contributed by atoms with Crippen LogP contribution in [0.2, 0.25) is 0 Å². The Hall–Kier alpha value is -0.570. The van der Waals surface area contributed by atoms with Gasteiger partial charge in [-0.25, -0.2) is 0 Å². The van der Waals surface area contributed by atoms with Gasteiger partial charge in [0.25, 0.3) is 0 Å². The molecular weight excluding hydrogens is 178 g/mol. The third kappa shape index (κ3) is 2.98. The number of nitrogens with one attached hydrogen (secondary N) is 1. The van der Waals surface area contributed by atoms with E-state index in [0.29, 0.717) is 6.61 Å². The number of ether oxygens (including phenoxy) is 1. The molecule has 0 saturated carbocycles. The molecule has 3 heteroatoms. The first-order chi connectivity index (χ1) is 6.42. The first-order valence-corrected chi connectivity index (χ1v) is 5.37. The molecule has 0 bridgehead atoms. The Labute approximate surface area is 86.2 Å². The smallest absolute Gasteiger partial charge is 0.323 e. The van der Waals surface area contributed by atoms with Gasteiger partial charge in [-0.2, -0.15) is 0 Å². The molecule has 1 saturated heterocycles. The second kappa shape index (κ2) is 4.30. The van der Waals surface area contributed by atoms with Gasteiger partial charge in [-0.15, -0.1) is 0 Å². The van der Waals surface area contributed by atoms with E-state index in [0.717, 1.165) is 12.8 Å². The molecule has 0 spiro atoms. The summed E-state index contributed by atoms with van der Waals surface area (Å²) in [6, 6.07) is -0.162. The van der Waals surface area contributed by atoms with Crippen LogP contribution in [0.25, 0.3) is 0 Å². The Morgan fingerprint density at radius 1 is 1.50 bits per heavy atom. The molecule has 0 radical (unpaired) electrons. The fourth-order valence-corrected chi connectivity index (χ4v) is 1.77. The quantitative estimate of drug-likeness (QED) is 0.653. The molecule has 0 aliphatic carbocycles. The summed E-state index contributed by atoms with van der Waals surface area (Å²) < 4.78 is 5.15. The monoisotopic (exact) mass is 199 g/mol. The van der Waals surface area contributed by atoms with Crippen LogP contribution in [0.4, 0.5) is 0 Å². The molecular formula is C11H21NO2. The van der Waals surface area contributed by atoms with Crippen LogP contribution in [-0.2, 0) is 9.53 Å². The van der Waals surface area contributed by atoms with Crippen LogP contribution in [0.15, 0.2) is 0 Å². The maximum atomic E-state index is 11.6. The number of hydrogen-bond acceptors (Lipinski definition) is 3. The van der Waals surface area contributed by atoms with Crippen molar-refractivity contribution in [3.8, 4) is 0 Å². The highest BCUT2D eigenvalue weighted by atomic mass is 16.5. The predicted molar refractivity (Wildman–Crippen MR) is 56.0 cm³/mol. The number of cyclic esters (lactones) is 1. The summed E-state index contributed by atoms with van der Waals surface area (Å²) in [7, 11) is 0. The summed E-state index contributed by atoms with van der Waals surface area (Å²) in [5.41, 5.74) is 0.0361. The van der Waals surface area contributed by atoms with Crippen LogP contribution in [0.3, 0.4) is 0 Å². The fraction of sp³-hybridized carbons (Fsp3) is 0.909. The zero-order valence-corrected chi connectivity index (χ0v) is 9.59. The molecule has 1 rings (SSSR count). The van der Waals surface area contributed by atoms with E-state index in [-0.39, 0.29) is 23.5 Å². The standard InChI is InChI=1S/C11H21NO2/c1-8(2)9-10(13)14-7-5-6-11(3,4)12-9/h8-9,12H,5-7H2,1-4H3/t9-/m1/s1. The first-order valence-electron chi connectivity index (χ1n) is 5.37. The van der Waals surface area contributed by atoms with Crippen molar-refractivity contribution in [2.75, 3.05) is 6.61 Å². The zero-order chi connectivity index (χ0) is 10.8. The van der Waals surface area contributed by atoms with E-state index in [4.69, 9.17) is 4.74 Å². The van der Waals surface area contributed by atoms with Crippen molar-refractivity contribution in [1.82, 2.24) is 5.32 Å². The molecule has 1 aliphatic rings. The van der Waals surface area contributed by atoms with Gasteiger partial charge in [-0.05, 0) is 32.6 Å². The highest BCUT2D eigenvalue weighted by molar-refractivity contribution is 5.76. The summed E-state index contributed by atoms with van der Waals surface area (Å²) in [6.07, 6.45) is 1.99. The average Bonchev–Trinajstić information content (AvgIpc) is 2.06. The molecule has 1 N–H and O–H groups in total. The summed E-state index contributed by atoms with van der Waals surface area (Å²) in [4.78, 5) is 11.6. The van der Waals surface area contributed by atoms with Gasteiger partial charge in [0.2, 0.25) is 0 Å². The summed E-state index contributed by atoms with van der Waals surface area (Å²) in [5, 5.41) is 3.37. The zero-order valence-electron chi connectivity index (χ0n) is 9.59. The van der Waals surface area contributed by atoms with E-state index in [1.807, 2.05) is 13.8 Å². The van der Waals surface area contributed by atoms with Crippen molar-refractivity contribution in [2.45, 2.75) is 52.1 Å². The number of rotatable bonds is 1. The number of hydrogen-bond donors (Lipinski definition) is 1. The van der Waals surface area contributed by atoms with Gasteiger partial charge in [0, 0.05) is 5.54 Å². The molecule has 1 heterocycles. The van der Waals surface area contributed by atoms with Crippen molar-refractivity contribution < 1.29 is 9.53 Å². The molecule has 1 fully saturated rings. The fourth-order valence-electron chi connectivity index (χ4n) is 1.77. The second-order valence-corrected chi connectivity index (χ2v) is 5.02. The lowest BCUT2D eigenvalue weighted by molar-refractivity contribution is -0.149. The lowest BCUT2D eigenvalue weighted by Gasteiger charge is -2.34. The molecule has 14 heavy (non-hydrogen) atoms. The Kier molecular flexibility index (Phi) is 3.53.